The summed E-state index contributed by atoms with van der Waals surface area (Å²) in [4.78, 5) is 13.0. The summed E-state index contributed by atoms with van der Waals surface area (Å²) in [7, 11) is -2.84. The van der Waals surface area contributed by atoms with Crippen LogP contribution < -0.4 is 5.32 Å². The third kappa shape index (κ3) is 3.59. The molecule has 3 rings (SSSR count). The van der Waals surface area contributed by atoms with Crippen molar-refractivity contribution in [1.29, 1.82) is 0 Å². The summed E-state index contributed by atoms with van der Waals surface area (Å²) in [5.41, 5.74) is 1.72. The second-order valence-corrected chi connectivity index (χ2v) is 7.84. The lowest BCUT2D eigenvalue weighted by Gasteiger charge is -2.11. The van der Waals surface area contributed by atoms with Crippen molar-refractivity contribution in [2.75, 3.05) is 23.4 Å². The number of rotatable bonds is 4. The molecule has 22 heavy (non-hydrogen) atoms. The van der Waals surface area contributed by atoms with Crippen LogP contribution in [0, 0.1) is 12.8 Å². The summed E-state index contributed by atoms with van der Waals surface area (Å²) in [6.07, 6.45) is 4.15. The number of hydrogen-bond acceptors (Lipinski definition) is 6. The topological polar surface area (TPSA) is 84.8 Å². The second kappa shape index (κ2) is 6.00. The molecule has 116 valence electrons. The van der Waals surface area contributed by atoms with Gasteiger partial charge in [-0.1, -0.05) is 0 Å². The third-order valence-electron chi connectivity index (χ3n) is 3.67. The predicted molar refractivity (Wildman–Crippen MR) is 85.3 cm³/mol. The van der Waals surface area contributed by atoms with E-state index in [0.29, 0.717) is 18.1 Å². The molecule has 2 aromatic heterocycles. The van der Waals surface area contributed by atoms with Crippen LogP contribution in [-0.2, 0) is 9.84 Å². The van der Waals surface area contributed by atoms with E-state index in [2.05, 4.69) is 20.3 Å². The Hall–Kier alpha value is -2.02. The fourth-order valence-corrected chi connectivity index (χ4v) is 4.43. The van der Waals surface area contributed by atoms with Crippen LogP contribution in [0.2, 0.25) is 0 Å². The molecule has 1 N–H and O–H groups in total. The first kappa shape index (κ1) is 14.9. The molecular weight excluding hydrogens is 300 g/mol. The highest BCUT2D eigenvalue weighted by Gasteiger charge is 2.27. The Morgan fingerprint density at radius 2 is 2.23 bits per heavy atom. The molecular formula is C15H18N4O2S. The standard InChI is InChI=1S/C15H18N4O2S/c1-11-7-14(17-8-12-4-6-22(20,21)10-12)19-15(18-11)13-3-2-5-16-9-13/h2-3,5,7,9,12H,4,6,8,10H2,1H3,(H,17,18,19)/t12-/m0/s1. The van der Waals surface area contributed by atoms with Gasteiger partial charge in [-0.05, 0) is 31.4 Å². The molecule has 2 aromatic rings. The molecule has 7 heteroatoms. The molecule has 0 amide bonds. The van der Waals surface area contributed by atoms with Gasteiger partial charge in [-0.2, -0.15) is 0 Å². The lowest BCUT2D eigenvalue weighted by molar-refractivity contribution is 0.595. The first-order chi connectivity index (χ1) is 10.5. The van der Waals surface area contributed by atoms with E-state index < -0.39 is 9.84 Å². The number of nitrogens with one attached hydrogen (secondary N) is 1. The Labute approximate surface area is 130 Å². The van der Waals surface area contributed by atoms with Crippen LogP contribution in [0.5, 0.6) is 0 Å². The minimum absolute atomic E-state index is 0.155. The Kier molecular flexibility index (Phi) is 4.06. The van der Waals surface area contributed by atoms with Crippen LogP contribution >= 0.6 is 0 Å². The first-order valence-corrected chi connectivity index (χ1v) is 9.04. The van der Waals surface area contributed by atoms with Crippen LogP contribution in [0.3, 0.4) is 0 Å². The zero-order chi connectivity index (χ0) is 15.6. The molecule has 0 bridgehead atoms. The number of aromatic nitrogens is 3. The van der Waals surface area contributed by atoms with Gasteiger partial charge in [0.1, 0.15) is 5.82 Å². The van der Waals surface area contributed by atoms with Gasteiger partial charge >= 0.3 is 0 Å². The minimum atomic E-state index is -2.84. The Balaban J connectivity index is 1.73. The van der Waals surface area contributed by atoms with Gasteiger partial charge in [0.25, 0.3) is 0 Å². The summed E-state index contributed by atoms with van der Waals surface area (Å²) < 4.78 is 23.0. The summed E-state index contributed by atoms with van der Waals surface area (Å²) >= 11 is 0. The fraction of sp³-hybridized carbons (Fsp3) is 0.400. The molecule has 1 aliphatic heterocycles. The number of hydrogen-bond donors (Lipinski definition) is 1. The Morgan fingerprint density at radius 3 is 2.91 bits per heavy atom. The van der Waals surface area contributed by atoms with Gasteiger partial charge in [-0.25, -0.2) is 18.4 Å². The lowest BCUT2D eigenvalue weighted by atomic mass is 10.1. The molecule has 0 aromatic carbocycles. The Bertz CT molecular complexity index is 762. The number of nitrogens with zero attached hydrogens (tertiary/aromatic N) is 3. The molecule has 6 nitrogen and oxygen atoms in total. The maximum atomic E-state index is 11.5. The van der Waals surface area contributed by atoms with E-state index in [1.807, 2.05) is 25.1 Å². The average Bonchev–Trinajstić information content (AvgIpc) is 2.85. The van der Waals surface area contributed by atoms with Crippen LogP contribution in [0.1, 0.15) is 12.1 Å². The number of anilines is 1. The van der Waals surface area contributed by atoms with E-state index in [1.165, 1.54) is 0 Å². The maximum absolute atomic E-state index is 11.5. The number of pyridine rings is 1. The molecule has 0 radical (unpaired) electrons. The van der Waals surface area contributed by atoms with Gasteiger partial charge in [-0.15, -0.1) is 0 Å². The number of aryl methyl sites for hydroxylation is 1. The van der Waals surface area contributed by atoms with Crippen molar-refractivity contribution in [2.24, 2.45) is 5.92 Å². The smallest absolute Gasteiger partial charge is 0.163 e. The van der Waals surface area contributed by atoms with Crippen molar-refractivity contribution in [3.63, 3.8) is 0 Å². The molecule has 1 atom stereocenters. The highest BCUT2D eigenvalue weighted by Crippen LogP contribution is 2.20. The zero-order valence-electron chi connectivity index (χ0n) is 12.4. The van der Waals surface area contributed by atoms with Gasteiger partial charge in [0.05, 0.1) is 11.5 Å². The van der Waals surface area contributed by atoms with Crippen molar-refractivity contribution in [3.05, 3.63) is 36.3 Å². The van der Waals surface area contributed by atoms with Crippen molar-refractivity contribution >= 4 is 15.7 Å². The van der Waals surface area contributed by atoms with Gasteiger partial charge in [-0.3, -0.25) is 4.98 Å². The molecule has 0 spiro atoms. The van der Waals surface area contributed by atoms with Gasteiger partial charge in [0, 0.05) is 36.3 Å². The van der Waals surface area contributed by atoms with E-state index >= 15 is 0 Å². The van der Waals surface area contributed by atoms with E-state index in [-0.39, 0.29) is 11.7 Å². The predicted octanol–water partition coefficient (Wildman–Crippen LogP) is 1.69. The highest BCUT2D eigenvalue weighted by molar-refractivity contribution is 7.91. The fourth-order valence-electron chi connectivity index (χ4n) is 2.57. The zero-order valence-corrected chi connectivity index (χ0v) is 13.2. The Morgan fingerprint density at radius 1 is 1.36 bits per heavy atom. The molecule has 0 saturated carbocycles. The van der Waals surface area contributed by atoms with E-state index in [1.54, 1.807) is 12.4 Å². The van der Waals surface area contributed by atoms with Crippen molar-refractivity contribution in [2.45, 2.75) is 13.3 Å². The summed E-state index contributed by atoms with van der Waals surface area (Å²) in [5, 5.41) is 3.24. The molecule has 1 aliphatic rings. The maximum Gasteiger partial charge on any atom is 0.163 e. The highest BCUT2D eigenvalue weighted by atomic mass is 32.2. The minimum Gasteiger partial charge on any atom is -0.370 e. The molecule has 0 aliphatic carbocycles. The summed E-state index contributed by atoms with van der Waals surface area (Å²) in [5.74, 6) is 2.05. The third-order valence-corrected chi connectivity index (χ3v) is 5.51. The van der Waals surface area contributed by atoms with Gasteiger partial charge in [0.2, 0.25) is 0 Å². The van der Waals surface area contributed by atoms with Crippen LogP contribution in [0.25, 0.3) is 11.4 Å². The van der Waals surface area contributed by atoms with Crippen LogP contribution in [0.4, 0.5) is 5.82 Å². The first-order valence-electron chi connectivity index (χ1n) is 7.22. The van der Waals surface area contributed by atoms with E-state index in [0.717, 1.165) is 23.5 Å². The van der Waals surface area contributed by atoms with E-state index in [4.69, 9.17) is 0 Å². The molecule has 1 saturated heterocycles. The summed E-state index contributed by atoms with van der Waals surface area (Å²) in [6, 6.07) is 5.62. The summed E-state index contributed by atoms with van der Waals surface area (Å²) in [6.45, 7) is 2.52. The number of sulfone groups is 1. The normalized spacial score (nSPS) is 20.0. The van der Waals surface area contributed by atoms with Crippen molar-refractivity contribution in [3.8, 4) is 11.4 Å². The quantitative estimate of drug-likeness (QED) is 0.923. The van der Waals surface area contributed by atoms with Gasteiger partial charge < -0.3 is 5.32 Å². The molecule has 1 fully saturated rings. The second-order valence-electron chi connectivity index (χ2n) is 5.61. The van der Waals surface area contributed by atoms with Crippen LogP contribution in [-0.4, -0.2) is 41.4 Å². The van der Waals surface area contributed by atoms with Crippen molar-refractivity contribution < 1.29 is 8.42 Å². The van der Waals surface area contributed by atoms with Gasteiger partial charge in [0.15, 0.2) is 15.7 Å². The largest absolute Gasteiger partial charge is 0.370 e. The van der Waals surface area contributed by atoms with E-state index in [9.17, 15) is 8.42 Å². The average molecular weight is 318 g/mol. The van der Waals surface area contributed by atoms with Crippen LogP contribution in [0.15, 0.2) is 30.6 Å². The molecule has 3 heterocycles. The molecule has 0 unspecified atom stereocenters. The van der Waals surface area contributed by atoms with Crippen molar-refractivity contribution in [1.82, 2.24) is 15.0 Å². The monoisotopic (exact) mass is 318 g/mol. The SMILES string of the molecule is Cc1cc(NC[C@@H]2CCS(=O)(=O)C2)nc(-c2cccnc2)n1. The lowest BCUT2D eigenvalue weighted by Crippen LogP contribution is -2.16.